The number of carbonyl (C=O) groups excluding carboxylic acids is 1. The van der Waals surface area contributed by atoms with E-state index in [9.17, 15) is 23.9 Å². The number of allylic oxidation sites excluding steroid dienone is 1. The van der Waals surface area contributed by atoms with Gasteiger partial charge in [-0.25, -0.2) is 19.0 Å². The number of aromatic nitrogens is 1. The van der Waals surface area contributed by atoms with Crippen molar-refractivity contribution in [1.82, 2.24) is 4.57 Å². The molecule has 0 saturated carbocycles. The van der Waals surface area contributed by atoms with Crippen LogP contribution in [0.4, 0.5) is 4.39 Å². The Morgan fingerprint density at radius 2 is 1.95 bits per heavy atom. The first-order valence-electron chi connectivity index (χ1n) is 11.7. The minimum absolute atomic E-state index is 0.127. The molecule has 1 atom stereocenters. The van der Waals surface area contributed by atoms with E-state index in [0.717, 1.165) is 11.3 Å². The van der Waals surface area contributed by atoms with Gasteiger partial charge in [0.2, 0.25) is 0 Å². The predicted molar refractivity (Wildman–Crippen MR) is 138 cm³/mol. The molecule has 10 heteroatoms. The van der Waals surface area contributed by atoms with Gasteiger partial charge in [-0.1, -0.05) is 35.6 Å². The molecule has 0 aliphatic carbocycles. The molecule has 2 aromatic carbocycles. The minimum Gasteiger partial charge on any atom is -0.478 e. The molecule has 0 spiro atoms. The van der Waals surface area contributed by atoms with Gasteiger partial charge in [0.25, 0.3) is 5.56 Å². The molecule has 1 aliphatic rings. The number of rotatable bonds is 6. The summed E-state index contributed by atoms with van der Waals surface area (Å²) in [4.78, 5) is 42.7. The molecule has 3 heterocycles. The Bertz CT molecular complexity index is 1780. The number of halogens is 1. The van der Waals surface area contributed by atoms with Crippen molar-refractivity contribution in [2.75, 3.05) is 6.61 Å². The Labute approximate surface area is 219 Å². The first-order valence-corrected chi connectivity index (χ1v) is 12.5. The van der Waals surface area contributed by atoms with E-state index in [1.165, 1.54) is 41.0 Å². The Hall–Kier alpha value is -4.57. The summed E-state index contributed by atoms with van der Waals surface area (Å²) in [5.74, 6) is -1.27. The highest BCUT2D eigenvalue weighted by Crippen LogP contribution is 2.31. The zero-order chi connectivity index (χ0) is 27.0. The number of benzene rings is 2. The SMILES string of the molecule is CCOC(=O)C1=C(C)N=c2s/c(=C/c3ccc(-c4cccc(C(=O)O)c4)o3)c(=O)n2[C@@H]1c1ccc(F)cc1. The van der Waals surface area contributed by atoms with E-state index < -0.39 is 29.4 Å². The van der Waals surface area contributed by atoms with Gasteiger partial charge in [0.05, 0.1) is 34.0 Å². The lowest BCUT2D eigenvalue weighted by molar-refractivity contribution is -0.139. The van der Waals surface area contributed by atoms with Crippen LogP contribution in [0.2, 0.25) is 0 Å². The van der Waals surface area contributed by atoms with Gasteiger partial charge in [-0.05, 0) is 55.8 Å². The van der Waals surface area contributed by atoms with E-state index in [2.05, 4.69) is 4.99 Å². The summed E-state index contributed by atoms with van der Waals surface area (Å²) in [6, 6.07) is 14.4. The van der Waals surface area contributed by atoms with Gasteiger partial charge in [0.15, 0.2) is 4.80 Å². The van der Waals surface area contributed by atoms with Gasteiger partial charge < -0.3 is 14.3 Å². The van der Waals surface area contributed by atoms with Crippen LogP contribution >= 0.6 is 11.3 Å². The van der Waals surface area contributed by atoms with Crippen LogP contribution < -0.4 is 14.9 Å². The van der Waals surface area contributed by atoms with E-state index in [-0.39, 0.29) is 17.7 Å². The number of thiazole rings is 1. The number of nitrogens with zero attached hydrogens (tertiary/aromatic N) is 2. The standard InChI is InChI=1S/C28H21FN2O6S/c1-3-36-27(35)23-15(2)30-28-31(24(23)16-7-9-19(29)10-8-16)25(32)22(38-28)14-20-11-12-21(37-20)17-5-4-6-18(13-17)26(33)34/h4-14,24H,3H2,1-2H3,(H,33,34)/b22-14+/t24-/m1/s1. The lowest BCUT2D eigenvalue weighted by Gasteiger charge is -2.24. The van der Waals surface area contributed by atoms with E-state index >= 15 is 0 Å². The monoisotopic (exact) mass is 532 g/mol. The predicted octanol–water partition coefficient (Wildman–Crippen LogP) is 3.90. The maximum atomic E-state index is 13.7. The number of ether oxygens (including phenoxy) is 1. The highest BCUT2D eigenvalue weighted by Gasteiger charge is 2.33. The molecule has 5 rings (SSSR count). The van der Waals surface area contributed by atoms with Gasteiger partial charge in [-0.3, -0.25) is 9.36 Å². The molecule has 192 valence electrons. The van der Waals surface area contributed by atoms with E-state index in [4.69, 9.17) is 9.15 Å². The van der Waals surface area contributed by atoms with Crippen molar-refractivity contribution in [3.63, 3.8) is 0 Å². The number of esters is 1. The maximum absolute atomic E-state index is 13.7. The summed E-state index contributed by atoms with van der Waals surface area (Å²) in [5.41, 5.74) is 1.46. The summed E-state index contributed by atoms with van der Waals surface area (Å²) >= 11 is 1.13. The largest absolute Gasteiger partial charge is 0.478 e. The molecule has 0 saturated heterocycles. The fourth-order valence-corrected chi connectivity index (χ4v) is 5.30. The Balaban J connectivity index is 1.61. The molecule has 2 aromatic heterocycles. The van der Waals surface area contributed by atoms with Gasteiger partial charge in [0.1, 0.15) is 17.3 Å². The quantitative estimate of drug-likeness (QED) is 0.377. The van der Waals surface area contributed by atoms with Crippen molar-refractivity contribution in [3.8, 4) is 11.3 Å². The second-order valence-electron chi connectivity index (χ2n) is 8.44. The fraction of sp³-hybridized carbons (Fsp3) is 0.143. The first-order chi connectivity index (χ1) is 18.3. The molecule has 0 fully saturated rings. The highest BCUT2D eigenvalue weighted by atomic mass is 32.1. The van der Waals surface area contributed by atoms with Crippen LogP contribution in [0.3, 0.4) is 0 Å². The van der Waals surface area contributed by atoms with E-state index in [1.807, 2.05) is 0 Å². The molecular formula is C28H21FN2O6S. The third kappa shape index (κ3) is 4.61. The summed E-state index contributed by atoms with van der Waals surface area (Å²) in [6.45, 7) is 3.50. The molecule has 0 radical (unpaired) electrons. The van der Waals surface area contributed by atoms with Crippen molar-refractivity contribution >= 4 is 29.4 Å². The molecule has 4 aromatic rings. The molecule has 1 N–H and O–H groups in total. The fourth-order valence-electron chi connectivity index (χ4n) is 4.27. The third-order valence-corrected chi connectivity index (χ3v) is 6.98. The van der Waals surface area contributed by atoms with Crippen LogP contribution in [-0.2, 0) is 9.53 Å². The molecular weight excluding hydrogens is 511 g/mol. The van der Waals surface area contributed by atoms with Crippen LogP contribution in [0.25, 0.3) is 17.4 Å². The molecule has 0 bridgehead atoms. The Morgan fingerprint density at radius 3 is 2.66 bits per heavy atom. The zero-order valence-corrected chi connectivity index (χ0v) is 21.1. The number of hydrogen-bond donors (Lipinski definition) is 1. The van der Waals surface area contributed by atoms with Crippen LogP contribution in [0.15, 0.2) is 86.1 Å². The summed E-state index contributed by atoms with van der Waals surface area (Å²) < 4.78 is 26.5. The number of aromatic carboxylic acids is 1. The first kappa shape index (κ1) is 25.1. The van der Waals surface area contributed by atoms with E-state index in [0.29, 0.717) is 37.7 Å². The molecule has 0 unspecified atom stereocenters. The second-order valence-corrected chi connectivity index (χ2v) is 9.45. The Morgan fingerprint density at radius 1 is 1.18 bits per heavy atom. The van der Waals surface area contributed by atoms with Crippen LogP contribution in [0, 0.1) is 5.82 Å². The van der Waals surface area contributed by atoms with Gasteiger partial charge in [-0.2, -0.15) is 0 Å². The summed E-state index contributed by atoms with van der Waals surface area (Å²) in [5, 5.41) is 9.25. The van der Waals surface area contributed by atoms with Crippen molar-refractivity contribution < 1.29 is 28.2 Å². The summed E-state index contributed by atoms with van der Waals surface area (Å²) in [7, 11) is 0. The van der Waals surface area contributed by atoms with Crippen molar-refractivity contribution in [2.24, 2.45) is 4.99 Å². The van der Waals surface area contributed by atoms with Crippen LogP contribution in [0.1, 0.15) is 41.6 Å². The number of furan rings is 1. The van der Waals surface area contributed by atoms with Crippen molar-refractivity contribution in [3.05, 3.63) is 114 Å². The van der Waals surface area contributed by atoms with Gasteiger partial charge >= 0.3 is 11.9 Å². The van der Waals surface area contributed by atoms with Crippen molar-refractivity contribution in [1.29, 1.82) is 0 Å². The number of hydrogen-bond acceptors (Lipinski definition) is 7. The topological polar surface area (TPSA) is 111 Å². The Kier molecular flexibility index (Phi) is 6.64. The second kappa shape index (κ2) is 10.1. The van der Waals surface area contributed by atoms with Crippen molar-refractivity contribution in [2.45, 2.75) is 19.9 Å². The third-order valence-electron chi connectivity index (χ3n) is 6.00. The van der Waals surface area contributed by atoms with Crippen LogP contribution in [-0.4, -0.2) is 28.2 Å². The molecule has 0 amide bonds. The zero-order valence-electron chi connectivity index (χ0n) is 20.3. The lowest BCUT2D eigenvalue weighted by atomic mass is 9.96. The number of carboxylic acids is 1. The number of carbonyl (C=O) groups is 2. The number of carboxylic acid groups (broad SMARTS) is 1. The minimum atomic E-state index is -1.05. The van der Waals surface area contributed by atoms with E-state index in [1.54, 1.807) is 44.2 Å². The number of fused-ring (bicyclic) bond motifs is 1. The highest BCUT2D eigenvalue weighted by molar-refractivity contribution is 7.07. The van der Waals surface area contributed by atoms with Gasteiger partial charge in [-0.15, -0.1) is 0 Å². The molecule has 1 aliphatic heterocycles. The maximum Gasteiger partial charge on any atom is 0.338 e. The summed E-state index contributed by atoms with van der Waals surface area (Å²) in [6.07, 6.45) is 1.57. The smallest absolute Gasteiger partial charge is 0.338 e. The molecule has 38 heavy (non-hydrogen) atoms. The van der Waals surface area contributed by atoms with Crippen LogP contribution in [0.5, 0.6) is 0 Å². The van der Waals surface area contributed by atoms with Gasteiger partial charge in [0, 0.05) is 11.6 Å². The molecule has 8 nitrogen and oxygen atoms in total. The average molecular weight is 533 g/mol. The average Bonchev–Trinajstić information content (AvgIpc) is 3.48. The lowest BCUT2D eigenvalue weighted by Crippen LogP contribution is -2.39. The normalized spacial score (nSPS) is 15.2.